The summed E-state index contributed by atoms with van der Waals surface area (Å²) in [4.78, 5) is 14.8. The van der Waals surface area contributed by atoms with Crippen molar-refractivity contribution < 1.29 is 14.4 Å². The quantitative estimate of drug-likeness (QED) is 0.921. The summed E-state index contributed by atoms with van der Waals surface area (Å²) in [6, 6.07) is 7.29. The van der Waals surface area contributed by atoms with Gasteiger partial charge in [0, 0.05) is 18.7 Å². The van der Waals surface area contributed by atoms with E-state index in [4.69, 9.17) is 16.1 Å². The molecule has 0 saturated carbocycles. The van der Waals surface area contributed by atoms with Gasteiger partial charge in [-0.1, -0.05) is 35.0 Å². The molecule has 1 amide bonds. The summed E-state index contributed by atoms with van der Waals surface area (Å²) < 4.78 is 5.28. The van der Waals surface area contributed by atoms with E-state index in [-0.39, 0.29) is 17.9 Å². The molecular weight excluding hydrogens is 328 g/mol. The Hall–Kier alpha value is -1.85. The van der Waals surface area contributed by atoms with Crippen molar-refractivity contribution in [1.82, 2.24) is 10.1 Å². The summed E-state index contributed by atoms with van der Waals surface area (Å²) in [6.45, 7) is 4.80. The highest BCUT2D eigenvalue weighted by Crippen LogP contribution is 2.32. The molecule has 1 fully saturated rings. The average Bonchev–Trinajstić information content (AvgIpc) is 2.96. The number of halogens is 1. The number of carbonyl (C=O) groups excluding carboxylic acids is 1. The molecule has 24 heavy (non-hydrogen) atoms. The lowest BCUT2D eigenvalue weighted by Crippen LogP contribution is -2.41. The molecule has 1 aliphatic rings. The molecule has 128 valence electrons. The monoisotopic (exact) mass is 348 g/mol. The first kappa shape index (κ1) is 17.0. The highest BCUT2D eigenvalue weighted by atomic mass is 35.5. The van der Waals surface area contributed by atoms with Crippen LogP contribution in [0.1, 0.15) is 35.9 Å². The first-order valence-electron chi connectivity index (χ1n) is 8.17. The SMILES string of the molecule is Cc1onc(-c2ccccc2Cl)c1C(=O)N1CCC(C(C)O)CC1. The molecule has 5 nitrogen and oxygen atoms in total. The van der Waals surface area contributed by atoms with Crippen molar-refractivity contribution >= 4 is 17.5 Å². The molecule has 0 radical (unpaired) electrons. The fourth-order valence-corrected chi connectivity index (χ4v) is 3.43. The lowest BCUT2D eigenvalue weighted by Gasteiger charge is -2.33. The third-order valence-corrected chi connectivity index (χ3v) is 5.04. The molecule has 1 aliphatic heterocycles. The van der Waals surface area contributed by atoms with Crippen LogP contribution in [0.25, 0.3) is 11.3 Å². The Morgan fingerprint density at radius 2 is 2.04 bits per heavy atom. The zero-order valence-electron chi connectivity index (χ0n) is 13.8. The Labute approximate surface area is 146 Å². The number of hydrogen-bond acceptors (Lipinski definition) is 4. The highest BCUT2D eigenvalue weighted by molar-refractivity contribution is 6.33. The predicted octanol–water partition coefficient (Wildman–Crippen LogP) is 3.54. The van der Waals surface area contributed by atoms with Crippen LogP contribution in [0.5, 0.6) is 0 Å². The van der Waals surface area contributed by atoms with Gasteiger partial charge < -0.3 is 14.5 Å². The number of carbonyl (C=O) groups is 1. The van der Waals surface area contributed by atoms with Gasteiger partial charge in [-0.2, -0.15) is 0 Å². The molecule has 1 saturated heterocycles. The minimum atomic E-state index is -0.335. The Morgan fingerprint density at radius 1 is 1.38 bits per heavy atom. The Bertz CT molecular complexity index is 734. The molecule has 1 unspecified atom stereocenters. The van der Waals surface area contributed by atoms with Crippen LogP contribution in [0.15, 0.2) is 28.8 Å². The lowest BCUT2D eigenvalue weighted by atomic mass is 9.91. The smallest absolute Gasteiger partial charge is 0.259 e. The molecule has 0 bridgehead atoms. The second kappa shape index (κ2) is 6.95. The van der Waals surface area contributed by atoms with Gasteiger partial charge in [0.25, 0.3) is 5.91 Å². The highest BCUT2D eigenvalue weighted by Gasteiger charge is 2.30. The molecule has 6 heteroatoms. The van der Waals surface area contributed by atoms with Crippen LogP contribution in [0.2, 0.25) is 5.02 Å². The minimum absolute atomic E-state index is 0.0901. The van der Waals surface area contributed by atoms with E-state index in [1.807, 2.05) is 25.1 Å². The van der Waals surface area contributed by atoms with Gasteiger partial charge in [-0.05, 0) is 38.7 Å². The molecule has 1 N–H and O–H groups in total. The molecule has 2 heterocycles. The van der Waals surface area contributed by atoms with Crippen molar-refractivity contribution in [2.75, 3.05) is 13.1 Å². The van der Waals surface area contributed by atoms with Crippen LogP contribution >= 0.6 is 11.6 Å². The van der Waals surface area contributed by atoms with Crippen molar-refractivity contribution in [2.24, 2.45) is 5.92 Å². The Morgan fingerprint density at radius 3 is 2.67 bits per heavy atom. The average molecular weight is 349 g/mol. The number of likely N-dealkylation sites (tertiary alicyclic amines) is 1. The summed E-state index contributed by atoms with van der Waals surface area (Å²) in [5, 5.41) is 14.3. The number of aryl methyl sites for hydroxylation is 1. The van der Waals surface area contributed by atoms with Crippen LogP contribution in [0.3, 0.4) is 0 Å². The Balaban J connectivity index is 1.87. The van der Waals surface area contributed by atoms with E-state index in [9.17, 15) is 9.90 Å². The standard InChI is InChI=1S/C18H21ClN2O3/c1-11(22)13-7-9-21(10-8-13)18(23)16-12(2)24-20-17(16)14-5-3-4-6-15(14)19/h3-6,11,13,22H,7-10H2,1-2H3. The molecule has 2 aromatic rings. The largest absolute Gasteiger partial charge is 0.393 e. The fraction of sp³-hybridized carbons (Fsp3) is 0.444. The van der Waals surface area contributed by atoms with Crippen LogP contribution in [-0.4, -0.2) is 40.3 Å². The summed E-state index contributed by atoms with van der Waals surface area (Å²) in [6.07, 6.45) is 1.27. The van der Waals surface area contributed by atoms with E-state index in [1.165, 1.54) is 0 Å². The number of rotatable bonds is 3. The van der Waals surface area contributed by atoms with Gasteiger partial charge in [0.1, 0.15) is 17.0 Å². The summed E-state index contributed by atoms with van der Waals surface area (Å²) in [5.74, 6) is 0.654. The molecule has 3 rings (SSSR count). The normalized spacial score (nSPS) is 17.1. The first-order chi connectivity index (χ1) is 11.5. The molecule has 0 aliphatic carbocycles. The lowest BCUT2D eigenvalue weighted by molar-refractivity contribution is 0.0520. The molecular formula is C18H21ClN2O3. The molecule has 0 spiro atoms. The fourth-order valence-electron chi connectivity index (χ4n) is 3.20. The minimum Gasteiger partial charge on any atom is -0.393 e. The number of aliphatic hydroxyl groups excluding tert-OH is 1. The number of aromatic nitrogens is 1. The van der Waals surface area contributed by atoms with Crippen molar-refractivity contribution in [3.05, 3.63) is 40.6 Å². The van der Waals surface area contributed by atoms with Crippen molar-refractivity contribution in [1.29, 1.82) is 0 Å². The van der Waals surface area contributed by atoms with Gasteiger partial charge in [0.2, 0.25) is 0 Å². The van der Waals surface area contributed by atoms with Gasteiger partial charge in [0.05, 0.1) is 11.1 Å². The second-order valence-corrected chi connectivity index (χ2v) is 6.72. The van der Waals surface area contributed by atoms with E-state index >= 15 is 0 Å². The van der Waals surface area contributed by atoms with Gasteiger partial charge in [-0.25, -0.2) is 0 Å². The number of amides is 1. The van der Waals surface area contributed by atoms with Crippen molar-refractivity contribution in [3.8, 4) is 11.3 Å². The second-order valence-electron chi connectivity index (χ2n) is 6.31. The van der Waals surface area contributed by atoms with Crippen molar-refractivity contribution in [2.45, 2.75) is 32.8 Å². The molecule has 1 atom stereocenters. The number of aliphatic hydroxyl groups is 1. The molecule has 1 aromatic heterocycles. The van der Waals surface area contributed by atoms with E-state index in [1.54, 1.807) is 17.9 Å². The van der Waals surface area contributed by atoms with E-state index in [2.05, 4.69) is 5.16 Å². The molecule has 1 aromatic carbocycles. The number of piperidine rings is 1. The van der Waals surface area contributed by atoms with Gasteiger partial charge in [-0.3, -0.25) is 4.79 Å². The van der Waals surface area contributed by atoms with E-state index < -0.39 is 0 Å². The number of nitrogens with zero attached hydrogens (tertiary/aromatic N) is 2. The third-order valence-electron chi connectivity index (χ3n) is 4.71. The topological polar surface area (TPSA) is 66.6 Å². The summed E-state index contributed by atoms with van der Waals surface area (Å²) in [5.41, 5.74) is 1.65. The van der Waals surface area contributed by atoms with E-state index in [0.717, 1.165) is 12.8 Å². The zero-order valence-corrected chi connectivity index (χ0v) is 14.6. The zero-order chi connectivity index (χ0) is 17.3. The van der Waals surface area contributed by atoms with Crippen molar-refractivity contribution in [3.63, 3.8) is 0 Å². The van der Waals surface area contributed by atoms with Crippen LogP contribution < -0.4 is 0 Å². The summed E-state index contributed by atoms with van der Waals surface area (Å²) >= 11 is 6.25. The predicted molar refractivity (Wildman–Crippen MR) is 92.0 cm³/mol. The van der Waals surface area contributed by atoms with Gasteiger partial charge in [-0.15, -0.1) is 0 Å². The van der Waals surface area contributed by atoms with Gasteiger partial charge >= 0.3 is 0 Å². The number of benzene rings is 1. The maximum atomic E-state index is 13.0. The van der Waals surface area contributed by atoms with Crippen LogP contribution in [0.4, 0.5) is 0 Å². The maximum absolute atomic E-state index is 13.0. The maximum Gasteiger partial charge on any atom is 0.259 e. The summed E-state index contributed by atoms with van der Waals surface area (Å²) in [7, 11) is 0. The van der Waals surface area contributed by atoms with Gasteiger partial charge in [0.15, 0.2) is 0 Å². The first-order valence-corrected chi connectivity index (χ1v) is 8.55. The number of hydrogen-bond donors (Lipinski definition) is 1. The third kappa shape index (κ3) is 3.19. The van der Waals surface area contributed by atoms with Crippen LogP contribution in [-0.2, 0) is 0 Å². The van der Waals surface area contributed by atoms with Crippen LogP contribution in [0, 0.1) is 12.8 Å². The van der Waals surface area contributed by atoms with E-state index in [0.29, 0.717) is 40.7 Å². The Kier molecular flexibility index (Phi) is 4.92.